The number of rotatable bonds is 6. The number of aryl methyl sites for hydroxylation is 1. The normalized spacial score (nSPS) is 12.8. The van der Waals surface area contributed by atoms with Gasteiger partial charge in [-0.3, -0.25) is 0 Å². The van der Waals surface area contributed by atoms with Crippen LogP contribution < -0.4 is 4.90 Å². The zero-order chi connectivity index (χ0) is 37.1. The lowest BCUT2D eigenvalue weighted by Crippen LogP contribution is -2.17. The predicted molar refractivity (Wildman–Crippen MR) is 235 cm³/mol. The molecule has 262 valence electrons. The maximum atomic E-state index is 2.49. The molecule has 0 aromatic heterocycles. The summed E-state index contributed by atoms with van der Waals surface area (Å²) in [5, 5.41) is 5.00. The molecule has 0 amide bonds. The zero-order valence-electron chi connectivity index (χ0n) is 31.4. The van der Waals surface area contributed by atoms with Gasteiger partial charge in [-0.2, -0.15) is 0 Å². The number of nitrogens with zero attached hydrogens (tertiary/aromatic N) is 1. The number of benzene rings is 9. The number of hydrogen-bond donors (Lipinski definition) is 0. The summed E-state index contributed by atoms with van der Waals surface area (Å²) >= 11 is 0. The molecule has 55 heavy (non-hydrogen) atoms. The molecular weight excluding hydrogens is 663 g/mol. The highest BCUT2D eigenvalue weighted by Crippen LogP contribution is 2.52. The molecule has 1 nitrogen and oxygen atoms in total. The summed E-state index contributed by atoms with van der Waals surface area (Å²) in [6, 6.07) is 71.6. The molecule has 0 bridgehead atoms. The van der Waals surface area contributed by atoms with Gasteiger partial charge in [-0.05, 0) is 121 Å². The molecule has 0 radical (unpaired) electrons. The van der Waals surface area contributed by atoms with Gasteiger partial charge < -0.3 is 4.90 Å². The maximum Gasteiger partial charge on any atom is 0.0546 e. The first-order chi connectivity index (χ1) is 27.0. The molecule has 0 spiro atoms. The molecule has 0 unspecified atom stereocenters. The Morgan fingerprint density at radius 1 is 0.382 bits per heavy atom. The van der Waals surface area contributed by atoms with Gasteiger partial charge >= 0.3 is 0 Å². The molecule has 0 fully saturated rings. The van der Waals surface area contributed by atoms with Gasteiger partial charge in [0, 0.05) is 22.4 Å². The maximum absolute atomic E-state index is 2.49. The van der Waals surface area contributed by atoms with Crippen molar-refractivity contribution in [2.45, 2.75) is 26.2 Å². The fourth-order valence-electron chi connectivity index (χ4n) is 8.98. The van der Waals surface area contributed by atoms with E-state index in [0.717, 1.165) is 17.1 Å². The van der Waals surface area contributed by atoms with Crippen molar-refractivity contribution in [3.05, 3.63) is 211 Å². The van der Waals surface area contributed by atoms with E-state index in [2.05, 4.69) is 220 Å². The number of fused-ring (bicyclic) bond motifs is 5. The number of anilines is 3. The van der Waals surface area contributed by atoms with Crippen LogP contribution >= 0.6 is 0 Å². The van der Waals surface area contributed by atoms with Crippen LogP contribution in [0.5, 0.6) is 0 Å². The van der Waals surface area contributed by atoms with Gasteiger partial charge in [-0.25, -0.2) is 0 Å². The molecule has 0 heterocycles. The van der Waals surface area contributed by atoms with E-state index in [1.807, 2.05) is 0 Å². The van der Waals surface area contributed by atoms with Crippen LogP contribution in [0.15, 0.2) is 194 Å². The minimum Gasteiger partial charge on any atom is -0.310 e. The smallest absolute Gasteiger partial charge is 0.0546 e. The molecule has 0 atom stereocenters. The van der Waals surface area contributed by atoms with Gasteiger partial charge in [-0.15, -0.1) is 0 Å². The molecule has 1 aliphatic carbocycles. The van der Waals surface area contributed by atoms with Gasteiger partial charge in [0.05, 0.1) is 5.69 Å². The molecule has 1 heteroatoms. The highest BCUT2D eigenvalue weighted by Gasteiger charge is 2.36. The Hall–Kier alpha value is -6.70. The molecule has 9 aromatic carbocycles. The summed E-state index contributed by atoms with van der Waals surface area (Å²) in [5.41, 5.74) is 17.2. The minimum atomic E-state index is -0.131. The largest absolute Gasteiger partial charge is 0.310 e. The van der Waals surface area contributed by atoms with E-state index in [-0.39, 0.29) is 5.41 Å². The second-order valence-corrected chi connectivity index (χ2v) is 15.4. The average Bonchev–Trinajstić information content (AvgIpc) is 3.46. The summed E-state index contributed by atoms with van der Waals surface area (Å²) in [5.74, 6) is 0. The Kier molecular flexibility index (Phi) is 7.78. The van der Waals surface area contributed by atoms with Crippen molar-refractivity contribution in [1.82, 2.24) is 0 Å². The van der Waals surface area contributed by atoms with Crippen molar-refractivity contribution in [1.29, 1.82) is 0 Å². The summed E-state index contributed by atoms with van der Waals surface area (Å²) in [6.07, 6.45) is 0. The molecule has 0 aliphatic heterocycles. The molecule has 9 aromatic rings. The Morgan fingerprint density at radius 3 is 1.85 bits per heavy atom. The summed E-state index contributed by atoms with van der Waals surface area (Å²) in [6.45, 7) is 6.95. The Balaban J connectivity index is 1.26. The second kappa shape index (κ2) is 13.0. The van der Waals surface area contributed by atoms with Crippen molar-refractivity contribution < 1.29 is 0 Å². The van der Waals surface area contributed by atoms with Gasteiger partial charge in [0.2, 0.25) is 0 Å². The monoisotopic (exact) mass is 703 g/mol. The van der Waals surface area contributed by atoms with Crippen LogP contribution in [-0.2, 0) is 5.41 Å². The van der Waals surface area contributed by atoms with E-state index < -0.39 is 0 Å². The van der Waals surface area contributed by atoms with Gasteiger partial charge in [0.25, 0.3) is 0 Å². The van der Waals surface area contributed by atoms with Crippen molar-refractivity contribution in [2.24, 2.45) is 0 Å². The lowest BCUT2D eigenvalue weighted by atomic mass is 9.82. The summed E-state index contributed by atoms with van der Waals surface area (Å²) in [4.78, 5) is 2.49. The van der Waals surface area contributed by atoms with Crippen LogP contribution in [0.1, 0.15) is 30.5 Å². The third-order valence-electron chi connectivity index (χ3n) is 11.8. The highest BCUT2D eigenvalue weighted by molar-refractivity contribution is 6.07. The zero-order valence-corrected chi connectivity index (χ0v) is 31.4. The van der Waals surface area contributed by atoms with Crippen molar-refractivity contribution in [2.75, 3.05) is 4.90 Å². The second-order valence-electron chi connectivity index (χ2n) is 15.4. The van der Waals surface area contributed by atoms with Crippen LogP contribution in [0.3, 0.4) is 0 Å². The highest BCUT2D eigenvalue weighted by atomic mass is 15.1. The van der Waals surface area contributed by atoms with Gasteiger partial charge in [-0.1, -0.05) is 172 Å². The SMILES string of the molecule is Cc1cccc2c(-c3c(-c4ccc5ccccc5c4)cccc3N(c3ccc(-c4ccccc4)cc3)c3ccc4c(c3)C(C)(C)c3ccccc3-4)cccc12. The minimum absolute atomic E-state index is 0.131. The average molecular weight is 704 g/mol. The Bertz CT molecular complexity index is 2900. The summed E-state index contributed by atoms with van der Waals surface area (Å²) in [7, 11) is 0. The van der Waals surface area contributed by atoms with Crippen LogP contribution in [0, 0.1) is 6.92 Å². The first kappa shape index (κ1) is 32.9. The molecule has 1 aliphatic rings. The van der Waals surface area contributed by atoms with E-state index in [0.29, 0.717) is 0 Å². The van der Waals surface area contributed by atoms with E-state index in [1.165, 1.54) is 82.7 Å². The molecule has 0 N–H and O–H groups in total. The lowest BCUT2D eigenvalue weighted by molar-refractivity contribution is 0.660. The van der Waals surface area contributed by atoms with Gasteiger partial charge in [0.15, 0.2) is 0 Å². The predicted octanol–water partition coefficient (Wildman–Crippen LogP) is 15.1. The van der Waals surface area contributed by atoms with Crippen LogP contribution in [0.4, 0.5) is 17.1 Å². The Morgan fingerprint density at radius 2 is 1.00 bits per heavy atom. The summed E-state index contributed by atoms with van der Waals surface area (Å²) < 4.78 is 0. The van der Waals surface area contributed by atoms with Crippen LogP contribution in [0.2, 0.25) is 0 Å². The van der Waals surface area contributed by atoms with E-state index in [9.17, 15) is 0 Å². The van der Waals surface area contributed by atoms with Crippen molar-refractivity contribution >= 4 is 38.6 Å². The molecule has 0 saturated heterocycles. The number of hydrogen-bond acceptors (Lipinski definition) is 1. The molecular formula is C54H41N. The van der Waals surface area contributed by atoms with Crippen molar-refractivity contribution in [3.63, 3.8) is 0 Å². The fourth-order valence-corrected chi connectivity index (χ4v) is 8.98. The van der Waals surface area contributed by atoms with Crippen LogP contribution in [-0.4, -0.2) is 0 Å². The molecule has 0 saturated carbocycles. The molecule has 10 rings (SSSR count). The quantitative estimate of drug-likeness (QED) is 0.167. The van der Waals surface area contributed by atoms with E-state index >= 15 is 0 Å². The third-order valence-corrected chi connectivity index (χ3v) is 11.8. The Labute approximate surface area is 323 Å². The van der Waals surface area contributed by atoms with E-state index in [4.69, 9.17) is 0 Å². The first-order valence-electron chi connectivity index (χ1n) is 19.3. The van der Waals surface area contributed by atoms with Crippen LogP contribution in [0.25, 0.3) is 66.1 Å². The van der Waals surface area contributed by atoms with Gasteiger partial charge in [0.1, 0.15) is 0 Å². The van der Waals surface area contributed by atoms with E-state index in [1.54, 1.807) is 0 Å². The van der Waals surface area contributed by atoms with Crippen molar-refractivity contribution in [3.8, 4) is 44.5 Å². The first-order valence-corrected chi connectivity index (χ1v) is 19.3. The topological polar surface area (TPSA) is 3.24 Å². The standard InChI is InChI=1S/C54H41N/c1-36-14-11-22-46-44(36)20-12-23-49(46)53-45(41-27-26-38-17-7-8-18-40(38)34-41)21-13-25-52(53)55(42-30-28-39(29-31-42)37-15-5-4-6-16-37)43-32-33-48-47-19-9-10-24-50(47)54(2,3)51(48)35-43/h4-35H,1-3H3. The third kappa shape index (κ3) is 5.46. The lowest BCUT2D eigenvalue weighted by Gasteiger charge is -2.31. The fraction of sp³-hybridized carbons (Fsp3) is 0.0741.